The summed E-state index contributed by atoms with van der Waals surface area (Å²) in [6.45, 7) is 3.51. The number of imidazole rings is 1. The fourth-order valence-corrected chi connectivity index (χ4v) is 4.58. The molecule has 0 saturated carbocycles. The molecule has 3 aromatic carbocycles. The molecule has 33 heavy (non-hydrogen) atoms. The van der Waals surface area contributed by atoms with Crippen molar-refractivity contribution in [2.45, 2.75) is 30.7 Å². The summed E-state index contributed by atoms with van der Waals surface area (Å²) in [7, 11) is 0. The maximum Gasteiger partial charge on any atom is 0.242 e. The van der Waals surface area contributed by atoms with Gasteiger partial charge in [-0.25, -0.2) is 4.98 Å². The van der Waals surface area contributed by atoms with Crippen molar-refractivity contribution in [2.75, 3.05) is 5.32 Å². The molecule has 0 spiro atoms. The number of hydrogen-bond acceptors (Lipinski definition) is 4. The Morgan fingerprint density at radius 2 is 1.67 bits per heavy atom. The Morgan fingerprint density at radius 3 is 2.36 bits per heavy atom. The largest absolute Gasteiger partial charge is 0.337 e. The van der Waals surface area contributed by atoms with Crippen molar-refractivity contribution in [3.05, 3.63) is 113 Å². The summed E-state index contributed by atoms with van der Waals surface area (Å²) in [5, 5.41) is 3.15. The molecule has 6 heteroatoms. The van der Waals surface area contributed by atoms with Gasteiger partial charge in [-0.2, -0.15) is 0 Å². The number of Topliss-reactive ketones (excluding diaryl/α,β-unsaturated/α-hetero) is 1. The summed E-state index contributed by atoms with van der Waals surface area (Å²) in [6, 6.07) is 26.8. The lowest BCUT2D eigenvalue weighted by molar-refractivity contribution is -0.115. The lowest BCUT2D eigenvalue weighted by Crippen LogP contribution is -2.19. The molecular weight excluding hydrogens is 430 g/mol. The normalized spacial score (nSPS) is 11.7. The third-order valence-electron chi connectivity index (χ3n) is 5.28. The summed E-state index contributed by atoms with van der Waals surface area (Å²) in [4.78, 5) is 33.2. The molecule has 0 radical (unpaired) electrons. The van der Waals surface area contributed by atoms with Gasteiger partial charge < -0.3 is 10.3 Å². The minimum Gasteiger partial charge on any atom is -0.337 e. The maximum atomic E-state index is 13.3. The number of carbonyl (C=O) groups is 2. The molecule has 4 aromatic rings. The van der Waals surface area contributed by atoms with E-state index in [0.29, 0.717) is 16.4 Å². The van der Waals surface area contributed by atoms with Crippen molar-refractivity contribution in [2.24, 2.45) is 0 Å². The zero-order valence-corrected chi connectivity index (χ0v) is 19.4. The first-order chi connectivity index (χ1) is 16.0. The number of hydrogen-bond donors (Lipinski definition) is 2. The van der Waals surface area contributed by atoms with E-state index in [4.69, 9.17) is 4.98 Å². The zero-order valence-electron chi connectivity index (χ0n) is 18.5. The van der Waals surface area contributed by atoms with Crippen LogP contribution < -0.4 is 5.32 Å². The minimum atomic E-state index is -0.512. The Balaban J connectivity index is 1.57. The van der Waals surface area contributed by atoms with E-state index in [1.165, 1.54) is 24.2 Å². The first kappa shape index (κ1) is 22.6. The highest BCUT2D eigenvalue weighted by Crippen LogP contribution is 2.35. The molecule has 0 aliphatic heterocycles. The quantitative estimate of drug-likeness (QED) is 0.253. The van der Waals surface area contributed by atoms with E-state index in [1.54, 1.807) is 24.3 Å². The van der Waals surface area contributed by atoms with Crippen molar-refractivity contribution in [3.8, 4) is 0 Å². The topological polar surface area (TPSA) is 74.8 Å². The van der Waals surface area contributed by atoms with Gasteiger partial charge in [-0.1, -0.05) is 84.6 Å². The monoisotopic (exact) mass is 455 g/mol. The molecule has 1 atom stereocenters. The van der Waals surface area contributed by atoms with Crippen molar-refractivity contribution < 1.29 is 9.59 Å². The summed E-state index contributed by atoms with van der Waals surface area (Å²) < 4.78 is 0. The summed E-state index contributed by atoms with van der Waals surface area (Å²) in [6.07, 6.45) is 0.726. The van der Waals surface area contributed by atoms with Gasteiger partial charge >= 0.3 is 0 Å². The third-order valence-corrected chi connectivity index (χ3v) is 6.42. The highest BCUT2D eigenvalue weighted by atomic mass is 32.2. The van der Waals surface area contributed by atoms with E-state index in [2.05, 4.69) is 22.4 Å². The van der Waals surface area contributed by atoms with Crippen LogP contribution in [0.15, 0.2) is 90.1 Å². The van der Waals surface area contributed by atoms with E-state index < -0.39 is 5.25 Å². The maximum absolute atomic E-state index is 13.3. The number of rotatable bonds is 8. The number of aryl methyl sites for hydroxylation is 1. The molecule has 0 aliphatic carbocycles. The predicted octanol–water partition coefficient (Wildman–Crippen LogP) is 5.98. The number of aromatic nitrogens is 2. The first-order valence-corrected chi connectivity index (χ1v) is 11.6. The summed E-state index contributed by atoms with van der Waals surface area (Å²) in [5.74, 6) is -0.220. The third kappa shape index (κ3) is 5.79. The smallest absolute Gasteiger partial charge is 0.242 e. The van der Waals surface area contributed by atoms with Gasteiger partial charge in [0.05, 0.1) is 5.69 Å². The molecule has 0 saturated heterocycles. The molecule has 0 bridgehead atoms. The average Bonchev–Trinajstić information content (AvgIpc) is 3.17. The Morgan fingerprint density at radius 1 is 0.970 bits per heavy atom. The van der Waals surface area contributed by atoms with Gasteiger partial charge in [0.2, 0.25) is 5.91 Å². The molecular formula is C27H25N3O2S. The number of thioether (sulfide) groups is 1. The first-order valence-electron chi connectivity index (χ1n) is 10.7. The van der Waals surface area contributed by atoms with Crippen LogP contribution in [-0.2, 0) is 11.2 Å². The standard InChI is InChI=1S/C27H25N3O2S/c1-18-24(16-20-10-5-3-6-11-20)30-27(28-18)33-25(21-12-7-4-8-13-21)26(32)29-23-15-9-14-22(17-23)19(2)31/h3-15,17,25H,16H2,1-2H3,(H,28,30)(H,29,32)/t25-/m0/s1. The number of anilines is 1. The highest BCUT2D eigenvalue weighted by Gasteiger charge is 2.24. The van der Waals surface area contributed by atoms with Gasteiger partial charge in [0.15, 0.2) is 10.9 Å². The molecule has 2 N–H and O–H groups in total. The predicted molar refractivity (Wildman–Crippen MR) is 133 cm³/mol. The van der Waals surface area contributed by atoms with Crippen LogP contribution in [0.3, 0.4) is 0 Å². The Kier molecular flexibility index (Phi) is 7.05. The van der Waals surface area contributed by atoms with E-state index >= 15 is 0 Å². The van der Waals surface area contributed by atoms with E-state index in [-0.39, 0.29) is 11.7 Å². The Labute approximate surface area is 197 Å². The molecule has 1 aromatic heterocycles. The van der Waals surface area contributed by atoms with E-state index in [9.17, 15) is 9.59 Å². The van der Waals surface area contributed by atoms with Crippen molar-refractivity contribution in [1.82, 2.24) is 9.97 Å². The SMILES string of the molecule is CC(=O)c1cccc(NC(=O)[C@@H](Sc2nc(Cc3ccccc3)c(C)[nH]2)c2ccccc2)c1. The minimum absolute atomic E-state index is 0.0444. The van der Waals surface area contributed by atoms with E-state index in [1.807, 2.05) is 55.5 Å². The second-order valence-corrected chi connectivity index (χ2v) is 8.90. The molecule has 4 rings (SSSR count). The molecule has 1 amide bonds. The van der Waals surface area contributed by atoms with Crippen LogP contribution in [0.2, 0.25) is 0 Å². The second-order valence-electron chi connectivity index (χ2n) is 7.81. The van der Waals surface area contributed by atoms with Gasteiger partial charge in [-0.3, -0.25) is 9.59 Å². The number of nitrogens with one attached hydrogen (secondary N) is 2. The fourth-order valence-electron chi connectivity index (χ4n) is 3.52. The van der Waals surface area contributed by atoms with E-state index in [0.717, 1.165) is 23.4 Å². The van der Waals surface area contributed by atoms with Crippen LogP contribution in [-0.4, -0.2) is 21.7 Å². The molecule has 0 unspecified atom stereocenters. The number of amides is 1. The zero-order chi connectivity index (χ0) is 23.2. The van der Waals surface area contributed by atoms with Crippen LogP contribution in [0.25, 0.3) is 0 Å². The number of aromatic amines is 1. The highest BCUT2D eigenvalue weighted by molar-refractivity contribution is 8.00. The van der Waals surface area contributed by atoms with Crippen molar-refractivity contribution in [3.63, 3.8) is 0 Å². The number of benzene rings is 3. The van der Waals surface area contributed by atoms with Crippen LogP contribution in [0.5, 0.6) is 0 Å². The van der Waals surface area contributed by atoms with Crippen LogP contribution in [0, 0.1) is 6.92 Å². The Hall–Kier alpha value is -3.64. The van der Waals surface area contributed by atoms with Crippen LogP contribution in [0.1, 0.15) is 45.0 Å². The van der Waals surface area contributed by atoms with Crippen molar-refractivity contribution >= 4 is 29.1 Å². The van der Waals surface area contributed by atoms with Gasteiger partial charge in [0.25, 0.3) is 0 Å². The lowest BCUT2D eigenvalue weighted by atomic mass is 10.1. The van der Waals surface area contributed by atoms with Gasteiger partial charge in [-0.05, 0) is 37.1 Å². The summed E-state index contributed by atoms with van der Waals surface area (Å²) >= 11 is 1.38. The molecule has 0 aliphatic rings. The number of ketones is 1. The number of nitrogens with zero attached hydrogens (tertiary/aromatic N) is 1. The number of H-pyrrole nitrogens is 1. The van der Waals surface area contributed by atoms with Crippen LogP contribution in [0.4, 0.5) is 5.69 Å². The average molecular weight is 456 g/mol. The molecule has 5 nitrogen and oxygen atoms in total. The molecule has 166 valence electrons. The number of carbonyl (C=O) groups excluding carboxylic acids is 2. The lowest BCUT2D eigenvalue weighted by Gasteiger charge is -2.16. The van der Waals surface area contributed by atoms with Gasteiger partial charge in [0, 0.05) is 23.4 Å². The Bertz CT molecular complexity index is 1250. The van der Waals surface area contributed by atoms with Crippen LogP contribution >= 0.6 is 11.8 Å². The second kappa shape index (κ2) is 10.3. The van der Waals surface area contributed by atoms with Crippen molar-refractivity contribution in [1.29, 1.82) is 0 Å². The molecule has 0 fully saturated rings. The van der Waals surface area contributed by atoms with Gasteiger partial charge in [0.1, 0.15) is 5.25 Å². The van der Waals surface area contributed by atoms with Gasteiger partial charge in [-0.15, -0.1) is 0 Å². The molecule has 1 heterocycles. The summed E-state index contributed by atoms with van der Waals surface area (Å²) in [5.41, 5.74) is 5.17. The fraction of sp³-hybridized carbons (Fsp3) is 0.148.